The van der Waals surface area contributed by atoms with Crippen molar-refractivity contribution in [2.24, 2.45) is 4.99 Å². The van der Waals surface area contributed by atoms with Gasteiger partial charge in [0.1, 0.15) is 11.6 Å². The molecule has 0 aliphatic rings. The average Bonchev–Trinajstić information content (AvgIpc) is 2.41. The van der Waals surface area contributed by atoms with Gasteiger partial charge in [-0.15, -0.1) is 0 Å². The molecule has 2 aromatic rings. The van der Waals surface area contributed by atoms with Gasteiger partial charge in [0, 0.05) is 23.9 Å². The largest absolute Gasteiger partial charge is 0.507 e. The monoisotopic (exact) mass is 274 g/mol. The molecule has 0 unspecified atom stereocenters. The first-order chi connectivity index (χ1) is 9.47. The van der Waals surface area contributed by atoms with Crippen LogP contribution in [-0.4, -0.2) is 16.2 Å². The molecule has 0 spiro atoms. The molecule has 0 aromatic heterocycles. The number of hydrogen-bond donors (Lipinski definition) is 1. The third-order valence-electron chi connectivity index (χ3n) is 2.72. The Morgan fingerprint density at radius 2 is 2.05 bits per heavy atom. The summed E-state index contributed by atoms with van der Waals surface area (Å²) < 4.78 is 13.1. The second kappa shape index (κ2) is 5.48. The zero-order valence-corrected chi connectivity index (χ0v) is 10.6. The van der Waals surface area contributed by atoms with Gasteiger partial charge in [-0.05, 0) is 36.8 Å². The number of aliphatic imine (C=N–C) groups is 1. The van der Waals surface area contributed by atoms with Crippen LogP contribution in [0.5, 0.6) is 5.75 Å². The highest BCUT2D eigenvalue weighted by Gasteiger charge is 2.08. The van der Waals surface area contributed by atoms with E-state index in [4.69, 9.17) is 0 Å². The molecular formula is C14H11FN2O3. The Bertz CT molecular complexity index is 699. The Morgan fingerprint density at radius 3 is 2.70 bits per heavy atom. The molecule has 0 fully saturated rings. The highest BCUT2D eigenvalue weighted by molar-refractivity contribution is 5.86. The Hall–Kier alpha value is -2.76. The first-order valence-corrected chi connectivity index (χ1v) is 5.75. The summed E-state index contributed by atoms with van der Waals surface area (Å²) in [4.78, 5) is 14.2. The minimum Gasteiger partial charge on any atom is -0.507 e. The van der Waals surface area contributed by atoms with Crippen LogP contribution in [0, 0.1) is 22.9 Å². The zero-order valence-electron chi connectivity index (χ0n) is 10.6. The summed E-state index contributed by atoms with van der Waals surface area (Å²) >= 11 is 0. The van der Waals surface area contributed by atoms with Crippen molar-refractivity contribution in [3.05, 3.63) is 63.5 Å². The van der Waals surface area contributed by atoms with E-state index in [1.54, 1.807) is 13.0 Å². The molecule has 1 N–H and O–H groups in total. The molecule has 5 nitrogen and oxygen atoms in total. The van der Waals surface area contributed by atoms with Gasteiger partial charge in [-0.1, -0.05) is 0 Å². The molecule has 0 saturated carbocycles. The topological polar surface area (TPSA) is 75.7 Å². The molecule has 0 bridgehead atoms. The van der Waals surface area contributed by atoms with Crippen LogP contribution in [0.3, 0.4) is 0 Å². The van der Waals surface area contributed by atoms with Gasteiger partial charge < -0.3 is 5.11 Å². The van der Waals surface area contributed by atoms with E-state index in [0.717, 1.165) is 0 Å². The average molecular weight is 274 g/mol. The van der Waals surface area contributed by atoms with E-state index in [9.17, 15) is 19.6 Å². The predicted octanol–water partition coefficient (Wildman–Crippen LogP) is 3.50. The van der Waals surface area contributed by atoms with Gasteiger partial charge in [0.2, 0.25) is 0 Å². The number of nitro benzene ring substituents is 1. The number of aryl methyl sites for hydroxylation is 1. The van der Waals surface area contributed by atoms with Crippen LogP contribution < -0.4 is 0 Å². The summed E-state index contributed by atoms with van der Waals surface area (Å²) in [7, 11) is 0. The van der Waals surface area contributed by atoms with Crippen molar-refractivity contribution in [2.45, 2.75) is 6.92 Å². The lowest BCUT2D eigenvalue weighted by atomic mass is 10.2. The number of rotatable bonds is 3. The van der Waals surface area contributed by atoms with E-state index in [-0.39, 0.29) is 22.8 Å². The number of phenolic OH excluding ortho intramolecular Hbond substituents is 1. The standard InChI is InChI=1S/C14H11FN2O3/c1-9-6-11(2-4-13(9)15)16-8-10-7-12(17(19)20)3-5-14(10)18/h2-8,18H,1H3. The minimum absolute atomic E-state index is 0.113. The smallest absolute Gasteiger partial charge is 0.270 e. The summed E-state index contributed by atoms with van der Waals surface area (Å²) in [5, 5.41) is 20.3. The fourth-order valence-electron chi connectivity index (χ4n) is 1.61. The van der Waals surface area contributed by atoms with Gasteiger partial charge in [-0.3, -0.25) is 15.1 Å². The number of benzene rings is 2. The highest BCUT2D eigenvalue weighted by Crippen LogP contribution is 2.23. The molecule has 0 heterocycles. The van der Waals surface area contributed by atoms with Gasteiger partial charge in [0.25, 0.3) is 5.69 Å². The van der Waals surface area contributed by atoms with Crippen molar-refractivity contribution in [2.75, 3.05) is 0 Å². The third-order valence-corrected chi connectivity index (χ3v) is 2.72. The van der Waals surface area contributed by atoms with E-state index < -0.39 is 4.92 Å². The first-order valence-electron chi connectivity index (χ1n) is 5.75. The predicted molar refractivity (Wildman–Crippen MR) is 73.2 cm³/mol. The van der Waals surface area contributed by atoms with Crippen molar-refractivity contribution in [3.8, 4) is 5.75 Å². The maximum absolute atomic E-state index is 13.1. The Balaban J connectivity index is 2.33. The summed E-state index contributed by atoms with van der Waals surface area (Å²) in [5.41, 5.74) is 1.03. The lowest BCUT2D eigenvalue weighted by Crippen LogP contribution is -1.90. The fourth-order valence-corrected chi connectivity index (χ4v) is 1.61. The number of nitro groups is 1. The van der Waals surface area contributed by atoms with Gasteiger partial charge in [-0.2, -0.15) is 0 Å². The van der Waals surface area contributed by atoms with Crippen LogP contribution in [0.15, 0.2) is 41.4 Å². The van der Waals surface area contributed by atoms with Crippen LogP contribution in [0.1, 0.15) is 11.1 Å². The van der Waals surface area contributed by atoms with Gasteiger partial charge in [0.15, 0.2) is 0 Å². The zero-order chi connectivity index (χ0) is 14.7. The van der Waals surface area contributed by atoms with Crippen molar-refractivity contribution >= 4 is 17.6 Å². The van der Waals surface area contributed by atoms with E-state index in [1.165, 1.54) is 36.5 Å². The van der Waals surface area contributed by atoms with Crippen LogP contribution >= 0.6 is 0 Å². The van der Waals surface area contributed by atoms with Crippen LogP contribution in [0.4, 0.5) is 15.8 Å². The number of aromatic hydroxyl groups is 1. The molecule has 6 heteroatoms. The second-order valence-electron chi connectivity index (χ2n) is 4.19. The Kier molecular flexibility index (Phi) is 3.74. The molecular weight excluding hydrogens is 263 g/mol. The van der Waals surface area contributed by atoms with Crippen molar-refractivity contribution in [1.82, 2.24) is 0 Å². The van der Waals surface area contributed by atoms with E-state index >= 15 is 0 Å². The van der Waals surface area contributed by atoms with Gasteiger partial charge >= 0.3 is 0 Å². The third kappa shape index (κ3) is 2.97. The number of phenols is 1. The van der Waals surface area contributed by atoms with E-state index in [0.29, 0.717) is 11.3 Å². The Labute approximate surface area is 114 Å². The van der Waals surface area contributed by atoms with E-state index in [2.05, 4.69) is 4.99 Å². The molecule has 20 heavy (non-hydrogen) atoms. The molecule has 0 atom stereocenters. The molecule has 0 amide bonds. The molecule has 0 radical (unpaired) electrons. The SMILES string of the molecule is Cc1cc(N=Cc2cc([N+](=O)[O-])ccc2O)ccc1F. The maximum Gasteiger partial charge on any atom is 0.270 e. The maximum atomic E-state index is 13.1. The quantitative estimate of drug-likeness (QED) is 0.528. The van der Waals surface area contributed by atoms with Crippen LogP contribution in [0.2, 0.25) is 0 Å². The number of hydrogen-bond acceptors (Lipinski definition) is 4. The lowest BCUT2D eigenvalue weighted by molar-refractivity contribution is -0.384. The fraction of sp³-hybridized carbons (Fsp3) is 0.0714. The lowest BCUT2D eigenvalue weighted by Gasteiger charge is -2.00. The molecule has 2 rings (SSSR count). The molecule has 0 aliphatic carbocycles. The second-order valence-corrected chi connectivity index (χ2v) is 4.19. The van der Waals surface area contributed by atoms with Crippen molar-refractivity contribution < 1.29 is 14.4 Å². The number of nitrogens with zero attached hydrogens (tertiary/aromatic N) is 2. The van der Waals surface area contributed by atoms with Crippen molar-refractivity contribution in [3.63, 3.8) is 0 Å². The summed E-state index contributed by atoms with van der Waals surface area (Å²) in [6.07, 6.45) is 1.30. The highest BCUT2D eigenvalue weighted by atomic mass is 19.1. The molecule has 102 valence electrons. The summed E-state index contributed by atoms with van der Waals surface area (Å²) in [6, 6.07) is 7.96. The number of halogens is 1. The summed E-state index contributed by atoms with van der Waals surface area (Å²) in [6.45, 7) is 1.61. The van der Waals surface area contributed by atoms with Gasteiger partial charge in [0.05, 0.1) is 10.6 Å². The first kappa shape index (κ1) is 13.7. The van der Waals surface area contributed by atoms with Gasteiger partial charge in [-0.25, -0.2) is 4.39 Å². The minimum atomic E-state index is -0.557. The number of non-ortho nitro benzene ring substituents is 1. The molecule has 0 aliphatic heterocycles. The normalized spacial score (nSPS) is 10.9. The molecule has 0 saturated heterocycles. The van der Waals surface area contributed by atoms with E-state index in [1.807, 2.05) is 0 Å². The summed E-state index contributed by atoms with van der Waals surface area (Å²) in [5.74, 6) is -0.444. The molecule has 2 aromatic carbocycles. The Morgan fingerprint density at radius 1 is 1.30 bits per heavy atom. The van der Waals surface area contributed by atoms with Crippen molar-refractivity contribution in [1.29, 1.82) is 0 Å². The van der Waals surface area contributed by atoms with Crippen LogP contribution in [-0.2, 0) is 0 Å². The van der Waals surface area contributed by atoms with Crippen LogP contribution in [0.25, 0.3) is 0 Å².